The number of nitrogens with one attached hydrogen (secondary N) is 1. The van der Waals surface area contributed by atoms with Gasteiger partial charge in [-0.15, -0.1) is 11.3 Å². The van der Waals surface area contributed by atoms with Gasteiger partial charge in [-0.05, 0) is 25.5 Å². The van der Waals surface area contributed by atoms with Crippen molar-refractivity contribution >= 4 is 23.2 Å². The Kier molecular flexibility index (Phi) is 4.28. The summed E-state index contributed by atoms with van der Waals surface area (Å²) in [7, 11) is 0. The van der Waals surface area contributed by atoms with Crippen molar-refractivity contribution in [3.63, 3.8) is 0 Å². The lowest BCUT2D eigenvalue weighted by molar-refractivity contribution is 0.0651. The average molecular weight is 329 g/mol. The molecular formula is C17H19N3O2S. The Labute approximate surface area is 139 Å². The summed E-state index contributed by atoms with van der Waals surface area (Å²) in [6.45, 7) is 5.08. The quantitative estimate of drug-likeness (QED) is 0.828. The predicted molar refractivity (Wildman–Crippen MR) is 89.6 cm³/mol. The molecule has 0 radical (unpaired) electrons. The Morgan fingerprint density at radius 3 is 2.39 bits per heavy atom. The number of carbonyl (C=O) groups excluding carboxylic acids is 2. The van der Waals surface area contributed by atoms with E-state index in [1.165, 1.54) is 4.90 Å². The van der Waals surface area contributed by atoms with E-state index in [2.05, 4.69) is 24.1 Å². The second-order valence-electron chi connectivity index (χ2n) is 5.76. The molecule has 2 amide bonds. The van der Waals surface area contributed by atoms with Gasteiger partial charge in [0, 0.05) is 24.7 Å². The van der Waals surface area contributed by atoms with Crippen molar-refractivity contribution in [2.75, 3.05) is 13.1 Å². The van der Waals surface area contributed by atoms with E-state index in [-0.39, 0.29) is 17.4 Å². The van der Waals surface area contributed by atoms with Crippen molar-refractivity contribution in [3.8, 4) is 0 Å². The second kappa shape index (κ2) is 6.22. The minimum absolute atomic E-state index is 0.208. The number of carbonyl (C=O) groups is 2. The molecule has 1 atom stereocenters. The second-order valence-corrected chi connectivity index (χ2v) is 6.65. The Bertz CT molecular complexity index is 694. The summed E-state index contributed by atoms with van der Waals surface area (Å²) in [5, 5.41) is 6.41. The fourth-order valence-electron chi connectivity index (χ4n) is 2.73. The number of hydrogen-bond donors (Lipinski definition) is 1. The fraction of sp³-hybridized carbons (Fsp3) is 0.353. The Morgan fingerprint density at radius 2 is 1.87 bits per heavy atom. The lowest BCUT2D eigenvalue weighted by atomic mass is 10.00. The van der Waals surface area contributed by atoms with Crippen LogP contribution in [0.25, 0.3) is 0 Å². The van der Waals surface area contributed by atoms with Crippen LogP contribution in [-0.2, 0) is 5.54 Å². The third-order valence-corrected chi connectivity index (χ3v) is 5.38. The van der Waals surface area contributed by atoms with Crippen LogP contribution in [0.15, 0.2) is 35.8 Å². The molecule has 0 saturated carbocycles. The van der Waals surface area contributed by atoms with Gasteiger partial charge in [0.2, 0.25) is 0 Å². The molecule has 1 aromatic heterocycles. The van der Waals surface area contributed by atoms with Crippen LogP contribution in [0.1, 0.15) is 46.0 Å². The number of imide groups is 1. The first kappa shape index (κ1) is 15.8. The standard InChI is InChI=1S/C17H19N3O2S/c1-3-17(2,16-18-9-11-23-16)19-8-10-20-14(21)12-6-4-5-7-13(12)15(20)22/h4-7,9,11,19H,3,8,10H2,1-2H3/t17-/m0/s1. The zero-order chi connectivity index (χ0) is 16.4. The summed E-state index contributed by atoms with van der Waals surface area (Å²) in [5.74, 6) is -0.417. The normalized spacial score (nSPS) is 16.5. The highest BCUT2D eigenvalue weighted by atomic mass is 32.1. The minimum atomic E-state index is -0.243. The van der Waals surface area contributed by atoms with Crippen LogP contribution in [0, 0.1) is 0 Å². The molecular weight excluding hydrogens is 310 g/mol. The summed E-state index contributed by atoms with van der Waals surface area (Å²) < 4.78 is 0. The topological polar surface area (TPSA) is 62.3 Å². The van der Waals surface area contributed by atoms with Gasteiger partial charge < -0.3 is 5.32 Å². The average Bonchev–Trinajstić information content (AvgIpc) is 3.19. The highest BCUT2D eigenvalue weighted by Crippen LogP contribution is 2.26. The number of rotatable bonds is 6. The van der Waals surface area contributed by atoms with Crippen LogP contribution < -0.4 is 5.32 Å². The van der Waals surface area contributed by atoms with Crippen LogP contribution in [0.5, 0.6) is 0 Å². The highest BCUT2D eigenvalue weighted by molar-refractivity contribution is 7.09. The smallest absolute Gasteiger partial charge is 0.261 e. The molecule has 0 bridgehead atoms. The van der Waals surface area contributed by atoms with Crippen LogP contribution in [-0.4, -0.2) is 34.8 Å². The highest BCUT2D eigenvalue weighted by Gasteiger charge is 2.35. The maximum absolute atomic E-state index is 12.3. The molecule has 2 heterocycles. The fourth-order valence-corrected chi connectivity index (χ4v) is 3.58. The molecule has 6 heteroatoms. The van der Waals surface area contributed by atoms with Gasteiger partial charge >= 0.3 is 0 Å². The zero-order valence-electron chi connectivity index (χ0n) is 13.2. The van der Waals surface area contributed by atoms with Gasteiger partial charge in [0.1, 0.15) is 5.01 Å². The molecule has 0 fully saturated rings. The van der Waals surface area contributed by atoms with Crippen LogP contribution in [0.2, 0.25) is 0 Å². The van der Waals surface area contributed by atoms with Crippen molar-refractivity contribution in [2.45, 2.75) is 25.8 Å². The van der Waals surface area contributed by atoms with E-state index in [0.29, 0.717) is 24.2 Å². The number of hydrogen-bond acceptors (Lipinski definition) is 5. The molecule has 1 aromatic carbocycles. The molecule has 0 saturated heterocycles. The summed E-state index contributed by atoms with van der Waals surface area (Å²) in [6.07, 6.45) is 2.67. The van der Waals surface area contributed by atoms with E-state index >= 15 is 0 Å². The van der Waals surface area contributed by atoms with E-state index in [1.807, 2.05) is 5.38 Å². The maximum Gasteiger partial charge on any atom is 0.261 e. The monoisotopic (exact) mass is 329 g/mol. The van der Waals surface area contributed by atoms with Crippen molar-refractivity contribution < 1.29 is 9.59 Å². The minimum Gasteiger partial charge on any atom is -0.304 e. The van der Waals surface area contributed by atoms with E-state index in [0.717, 1.165) is 11.4 Å². The molecule has 5 nitrogen and oxygen atoms in total. The van der Waals surface area contributed by atoms with E-state index in [4.69, 9.17) is 0 Å². The summed E-state index contributed by atoms with van der Waals surface area (Å²) >= 11 is 1.61. The Hall–Kier alpha value is -2.05. The molecule has 1 N–H and O–H groups in total. The van der Waals surface area contributed by atoms with Gasteiger partial charge in [-0.25, -0.2) is 4.98 Å². The molecule has 0 unspecified atom stereocenters. The van der Waals surface area contributed by atoms with Crippen LogP contribution in [0.4, 0.5) is 0 Å². The zero-order valence-corrected chi connectivity index (χ0v) is 14.0. The molecule has 0 spiro atoms. The number of benzene rings is 1. The van der Waals surface area contributed by atoms with Gasteiger partial charge in [-0.3, -0.25) is 14.5 Å². The molecule has 0 aliphatic carbocycles. The van der Waals surface area contributed by atoms with Gasteiger partial charge in [-0.2, -0.15) is 0 Å². The molecule has 1 aliphatic rings. The van der Waals surface area contributed by atoms with E-state index in [1.54, 1.807) is 41.8 Å². The number of nitrogens with zero attached hydrogens (tertiary/aromatic N) is 2. The first-order valence-electron chi connectivity index (χ1n) is 7.67. The van der Waals surface area contributed by atoms with Crippen LogP contribution >= 0.6 is 11.3 Å². The predicted octanol–water partition coefficient (Wildman–Crippen LogP) is 2.65. The van der Waals surface area contributed by atoms with Gasteiger partial charge in [0.15, 0.2) is 0 Å². The Balaban J connectivity index is 1.66. The van der Waals surface area contributed by atoms with Gasteiger partial charge in [0.25, 0.3) is 11.8 Å². The number of aromatic nitrogens is 1. The molecule has 1 aliphatic heterocycles. The first-order chi connectivity index (χ1) is 11.1. The summed E-state index contributed by atoms with van der Waals surface area (Å²) in [6, 6.07) is 6.97. The molecule has 23 heavy (non-hydrogen) atoms. The van der Waals surface area contributed by atoms with Crippen molar-refractivity contribution in [1.29, 1.82) is 0 Å². The molecule has 2 aromatic rings. The largest absolute Gasteiger partial charge is 0.304 e. The number of thiazole rings is 1. The third-order valence-electron chi connectivity index (χ3n) is 4.34. The maximum atomic E-state index is 12.3. The van der Waals surface area contributed by atoms with Crippen molar-refractivity contribution in [1.82, 2.24) is 15.2 Å². The SMILES string of the molecule is CC[C@](C)(NCCN1C(=O)c2ccccc2C1=O)c1nccs1. The van der Waals surface area contributed by atoms with Gasteiger partial charge in [-0.1, -0.05) is 19.1 Å². The van der Waals surface area contributed by atoms with E-state index in [9.17, 15) is 9.59 Å². The lowest BCUT2D eigenvalue weighted by Gasteiger charge is -2.28. The van der Waals surface area contributed by atoms with Crippen molar-refractivity contribution in [3.05, 3.63) is 52.0 Å². The van der Waals surface area contributed by atoms with Crippen molar-refractivity contribution in [2.24, 2.45) is 0 Å². The lowest BCUT2D eigenvalue weighted by Crippen LogP contribution is -2.44. The Morgan fingerprint density at radius 1 is 1.22 bits per heavy atom. The summed E-state index contributed by atoms with van der Waals surface area (Å²) in [4.78, 5) is 30.4. The van der Waals surface area contributed by atoms with E-state index < -0.39 is 0 Å². The van der Waals surface area contributed by atoms with Crippen LogP contribution in [0.3, 0.4) is 0 Å². The number of amides is 2. The van der Waals surface area contributed by atoms with Gasteiger partial charge in [0.05, 0.1) is 16.7 Å². The third kappa shape index (κ3) is 2.80. The molecule has 120 valence electrons. The first-order valence-corrected chi connectivity index (χ1v) is 8.55. The summed E-state index contributed by atoms with van der Waals surface area (Å²) in [5.41, 5.74) is 0.749. The molecule has 3 rings (SSSR count). The number of fused-ring (bicyclic) bond motifs is 1.